The van der Waals surface area contributed by atoms with Crippen molar-refractivity contribution in [1.82, 2.24) is 0 Å². The maximum atomic E-state index is 13.8. The molecule has 0 aliphatic heterocycles. The molecule has 0 aliphatic carbocycles. The first kappa shape index (κ1) is 12.5. The van der Waals surface area contributed by atoms with Crippen molar-refractivity contribution in [2.75, 3.05) is 0 Å². The molecule has 0 spiro atoms. The molecule has 1 aromatic rings. The largest absolute Gasteiger partial charge is 0.481 e. The van der Waals surface area contributed by atoms with Crippen molar-refractivity contribution in [2.45, 2.75) is 19.8 Å². The lowest BCUT2D eigenvalue weighted by molar-refractivity contribution is -0.175. The number of hydrogen-bond acceptors (Lipinski definition) is 1. The van der Waals surface area contributed by atoms with Crippen LogP contribution in [0.5, 0.6) is 0 Å². The van der Waals surface area contributed by atoms with E-state index in [2.05, 4.69) is 0 Å². The van der Waals surface area contributed by atoms with E-state index in [1.165, 1.54) is 0 Å². The van der Waals surface area contributed by atoms with Crippen LogP contribution in [0.15, 0.2) is 24.3 Å². The molecule has 0 saturated carbocycles. The molecule has 5 heteroatoms. The summed E-state index contributed by atoms with van der Waals surface area (Å²) >= 11 is 0. The Morgan fingerprint density at radius 2 is 1.62 bits per heavy atom. The van der Waals surface area contributed by atoms with Crippen molar-refractivity contribution in [3.8, 4) is 0 Å². The number of carboxylic acids is 1. The van der Waals surface area contributed by atoms with Crippen LogP contribution in [0.1, 0.15) is 19.4 Å². The summed E-state index contributed by atoms with van der Waals surface area (Å²) in [5.41, 5.74) is -2.76. The van der Waals surface area contributed by atoms with Crippen LogP contribution < -0.4 is 0 Å². The monoisotopic (exact) mass is 232 g/mol. The summed E-state index contributed by atoms with van der Waals surface area (Å²) in [6.07, 6.45) is 0. The Hall–Kier alpha value is -1.52. The fourth-order valence-electron chi connectivity index (χ4n) is 1.15. The summed E-state index contributed by atoms with van der Waals surface area (Å²) in [6, 6.07) is 3.53. The maximum Gasteiger partial charge on any atom is 0.315 e. The topological polar surface area (TPSA) is 37.3 Å². The molecule has 88 valence electrons. The number of benzene rings is 1. The molecule has 2 nitrogen and oxygen atoms in total. The first-order valence-corrected chi connectivity index (χ1v) is 4.57. The molecule has 0 bridgehead atoms. The Balaban J connectivity index is 3.20. The highest BCUT2D eigenvalue weighted by molar-refractivity contribution is 5.75. The van der Waals surface area contributed by atoms with Crippen molar-refractivity contribution >= 4 is 5.97 Å². The van der Waals surface area contributed by atoms with Crippen LogP contribution in [0, 0.1) is 11.2 Å². The van der Waals surface area contributed by atoms with Crippen molar-refractivity contribution in [1.29, 1.82) is 0 Å². The summed E-state index contributed by atoms with van der Waals surface area (Å²) < 4.78 is 40.2. The third-order valence-electron chi connectivity index (χ3n) is 2.53. The van der Waals surface area contributed by atoms with Crippen LogP contribution in [-0.4, -0.2) is 11.1 Å². The van der Waals surface area contributed by atoms with Gasteiger partial charge in [-0.3, -0.25) is 4.79 Å². The highest BCUT2D eigenvalue weighted by Gasteiger charge is 2.53. The van der Waals surface area contributed by atoms with E-state index in [1.807, 2.05) is 0 Å². The minimum atomic E-state index is -3.56. The van der Waals surface area contributed by atoms with Gasteiger partial charge in [0.05, 0.1) is 0 Å². The number of aliphatic carboxylic acids is 1. The molecule has 0 radical (unpaired) electrons. The molecule has 0 fully saturated rings. The maximum absolute atomic E-state index is 13.8. The van der Waals surface area contributed by atoms with Crippen molar-refractivity contribution in [2.24, 2.45) is 5.41 Å². The fourth-order valence-corrected chi connectivity index (χ4v) is 1.15. The van der Waals surface area contributed by atoms with Gasteiger partial charge in [-0.05, 0) is 26.0 Å². The smallest absolute Gasteiger partial charge is 0.315 e. The number of halogens is 3. The second kappa shape index (κ2) is 3.81. The number of carbonyl (C=O) groups is 1. The van der Waals surface area contributed by atoms with Crippen LogP contribution in [0.2, 0.25) is 0 Å². The zero-order valence-corrected chi connectivity index (χ0v) is 8.80. The molecular formula is C11H11F3O2. The van der Waals surface area contributed by atoms with Gasteiger partial charge in [0.2, 0.25) is 0 Å². The molecule has 0 unspecified atom stereocenters. The Morgan fingerprint density at radius 3 is 2.00 bits per heavy atom. The van der Waals surface area contributed by atoms with E-state index < -0.39 is 28.7 Å². The molecule has 1 rings (SSSR count). The van der Waals surface area contributed by atoms with Crippen LogP contribution in [0.25, 0.3) is 0 Å². The summed E-state index contributed by atoms with van der Waals surface area (Å²) in [4.78, 5) is 10.8. The second-order valence-electron chi connectivity index (χ2n) is 4.01. The van der Waals surface area contributed by atoms with Gasteiger partial charge < -0.3 is 5.11 Å². The van der Waals surface area contributed by atoms with Crippen molar-refractivity contribution in [3.63, 3.8) is 0 Å². The average molecular weight is 232 g/mol. The standard InChI is InChI=1S/C11H11F3O2/c1-10(2,9(15)16)11(13,14)7-3-5-8(12)6-4-7/h3-6H,1-2H3,(H,15,16). The number of hydrogen-bond donors (Lipinski definition) is 1. The van der Waals surface area contributed by atoms with Gasteiger partial charge >= 0.3 is 5.97 Å². The van der Waals surface area contributed by atoms with E-state index in [0.717, 1.165) is 38.1 Å². The molecular weight excluding hydrogens is 221 g/mol. The Morgan fingerprint density at radius 1 is 1.19 bits per heavy atom. The van der Waals surface area contributed by atoms with Gasteiger partial charge in [-0.25, -0.2) is 13.2 Å². The van der Waals surface area contributed by atoms with E-state index in [9.17, 15) is 18.0 Å². The minimum absolute atomic E-state index is 0.513. The summed E-state index contributed by atoms with van der Waals surface area (Å²) in [6.45, 7) is 1.86. The van der Waals surface area contributed by atoms with Gasteiger partial charge in [0.1, 0.15) is 11.2 Å². The number of alkyl halides is 2. The highest BCUT2D eigenvalue weighted by Crippen LogP contribution is 2.44. The van der Waals surface area contributed by atoms with Gasteiger partial charge in [0.15, 0.2) is 0 Å². The molecule has 0 aliphatic rings. The predicted molar refractivity (Wildman–Crippen MR) is 51.7 cm³/mol. The summed E-state index contributed by atoms with van der Waals surface area (Å²) in [7, 11) is 0. The molecule has 1 aromatic carbocycles. The molecule has 0 aromatic heterocycles. The third kappa shape index (κ3) is 1.89. The van der Waals surface area contributed by atoms with Crippen molar-refractivity contribution in [3.05, 3.63) is 35.6 Å². The van der Waals surface area contributed by atoms with Crippen LogP contribution in [-0.2, 0) is 10.7 Å². The van der Waals surface area contributed by atoms with E-state index in [-0.39, 0.29) is 0 Å². The number of carboxylic acid groups (broad SMARTS) is 1. The summed E-state index contributed by atoms with van der Waals surface area (Å²) in [5, 5.41) is 8.74. The van der Waals surface area contributed by atoms with Crippen LogP contribution >= 0.6 is 0 Å². The first-order chi connectivity index (χ1) is 7.19. The normalized spacial score (nSPS) is 12.6. The van der Waals surface area contributed by atoms with E-state index in [0.29, 0.717) is 0 Å². The second-order valence-corrected chi connectivity index (χ2v) is 4.01. The molecule has 0 atom stereocenters. The first-order valence-electron chi connectivity index (χ1n) is 4.57. The molecule has 1 N–H and O–H groups in total. The average Bonchev–Trinajstić information content (AvgIpc) is 2.17. The molecule has 0 amide bonds. The van der Waals surface area contributed by atoms with Gasteiger partial charge in [0.25, 0.3) is 5.92 Å². The third-order valence-corrected chi connectivity index (χ3v) is 2.53. The van der Waals surface area contributed by atoms with Gasteiger partial charge in [0, 0.05) is 5.56 Å². The SMILES string of the molecule is CC(C)(C(=O)O)C(F)(F)c1ccc(F)cc1. The van der Waals surface area contributed by atoms with Gasteiger partial charge in [-0.2, -0.15) is 0 Å². The fraction of sp³-hybridized carbons (Fsp3) is 0.364. The quantitative estimate of drug-likeness (QED) is 0.869. The van der Waals surface area contributed by atoms with E-state index in [1.54, 1.807) is 0 Å². The lowest BCUT2D eigenvalue weighted by atomic mass is 9.81. The lowest BCUT2D eigenvalue weighted by Gasteiger charge is -2.30. The molecule has 16 heavy (non-hydrogen) atoms. The Kier molecular flexibility index (Phi) is 2.99. The van der Waals surface area contributed by atoms with Gasteiger partial charge in [-0.1, -0.05) is 12.1 Å². The van der Waals surface area contributed by atoms with Crippen molar-refractivity contribution < 1.29 is 23.1 Å². The zero-order chi connectivity index (χ0) is 12.6. The minimum Gasteiger partial charge on any atom is -0.481 e. The predicted octanol–water partition coefficient (Wildman–Crippen LogP) is 3.03. The molecule has 0 saturated heterocycles. The molecule has 0 heterocycles. The van der Waals surface area contributed by atoms with E-state index in [4.69, 9.17) is 5.11 Å². The highest BCUT2D eigenvalue weighted by atomic mass is 19.3. The zero-order valence-electron chi connectivity index (χ0n) is 8.80. The van der Waals surface area contributed by atoms with Crippen LogP contribution in [0.3, 0.4) is 0 Å². The summed E-state index contributed by atoms with van der Waals surface area (Å²) in [5.74, 6) is -5.82. The Bertz CT molecular complexity index is 396. The lowest BCUT2D eigenvalue weighted by Crippen LogP contribution is -2.40. The Labute approximate surface area is 90.7 Å². The van der Waals surface area contributed by atoms with Gasteiger partial charge in [-0.15, -0.1) is 0 Å². The number of rotatable bonds is 3. The van der Waals surface area contributed by atoms with E-state index >= 15 is 0 Å². The van der Waals surface area contributed by atoms with Crippen LogP contribution in [0.4, 0.5) is 13.2 Å².